The van der Waals surface area contributed by atoms with Gasteiger partial charge in [0.05, 0.1) is 6.54 Å². The van der Waals surface area contributed by atoms with Gasteiger partial charge in [0.1, 0.15) is 6.54 Å². The zero-order valence-electron chi connectivity index (χ0n) is 10.4. The molecule has 6 heteroatoms. The Kier molecular flexibility index (Phi) is 4.39. The monoisotopic (exact) mass is 282 g/mol. The summed E-state index contributed by atoms with van der Waals surface area (Å²) in [5.41, 5.74) is 2.27. The Morgan fingerprint density at radius 2 is 2.21 bits per heavy atom. The third kappa shape index (κ3) is 3.68. The van der Waals surface area contributed by atoms with Crippen molar-refractivity contribution in [2.24, 2.45) is 0 Å². The average molecular weight is 283 g/mol. The molecule has 2 rings (SSSR count). The van der Waals surface area contributed by atoms with Crippen LogP contribution in [0.5, 0.6) is 0 Å². The fraction of sp³-hybridized carbons (Fsp3) is 0.385. The van der Waals surface area contributed by atoms with E-state index in [1.54, 1.807) is 0 Å². The lowest BCUT2D eigenvalue weighted by atomic mass is 10.00. The van der Waals surface area contributed by atoms with E-state index in [0.717, 1.165) is 29.1 Å². The van der Waals surface area contributed by atoms with Gasteiger partial charge in [-0.25, -0.2) is 0 Å². The number of aliphatic carboxylic acids is 1. The summed E-state index contributed by atoms with van der Waals surface area (Å²) in [6.45, 7) is 1.28. The number of hydrogen-bond acceptors (Lipinski definition) is 3. The van der Waals surface area contributed by atoms with Crippen molar-refractivity contribution in [3.8, 4) is 0 Å². The Bertz CT molecular complexity index is 505. The van der Waals surface area contributed by atoms with Crippen molar-refractivity contribution in [3.05, 3.63) is 34.3 Å². The molecule has 102 valence electrons. The van der Waals surface area contributed by atoms with Crippen molar-refractivity contribution in [2.45, 2.75) is 13.0 Å². The van der Waals surface area contributed by atoms with Gasteiger partial charge in [-0.3, -0.25) is 14.5 Å². The second-order valence-electron chi connectivity index (χ2n) is 4.51. The average Bonchev–Trinajstić information content (AvgIpc) is 2.36. The molecule has 1 aliphatic rings. The van der Waals surface area contributed by atoms with E-state index in [0.29, 0.717) is 6.54 Å². The molecule has 0 radical (unpaired) electrons. The summed E-state index contributed by atoms with van der Waals surface area (Å²) in [6, 6.07) is 5.77. The van der Waals surface area contributed by atoms with Gasteiger partial charge in [-0.05, 0) is 23.6 Å². The number of fused-ring (bicyclic) bond motifs is 1. The number of rotatable bonds is 4. The molecular formula is C13H15ClN2O3. The van der Waals surface area contributed by atoms with Crippen LogP contribution in [-0.2, 0) is 22.6 Å². The Labute approximate surface area is 116 Å². The summed E-state index contributed by atoms with van der Waals surface area (Å²) >= 11 is 6.12. The molecule has 0 atom stereocenters. The van der Waals surface area contributed by atoms with Gasteiger partial charge in [-0.1, -0.05) is 23.7 Å². The lowest BCUT2D eigenvalue weighted by molar-refractivity contribution is -0.138. The minimum absolute atomic E-state index is 0.208. The topological polar surface area (TPSA) is 69.6 Å². The molecule has 0 saturated carbocycles. The third-order valence-electron chi connectivity index (χ3n) is 3.09. The zero-order chi connectivity index (χ0) is 13.8. The number of carbonyl (C=O) groups excluding carboxylic acids is 1. The first-order valence-corrected chi connectivity index (χ1v) is 6.41. The van der Waals surface area contributed by atoms with Crippen molar-refractivity contribution in [3.63, 3.8) is 0 Å². The van der Waals surface area contributed by atoms with Crippen LogP contribution in [0, 0.1) is 0 Å². The van der Waals surface area contributed by atoms with Crippen LogP contribution in [0.15, 0.2) is 18.2 Å². The second-order valence-corrected chi connectivity index (χ2v) is 4.92. The first-order chi connectivity index (χ1) is 9.06. The number of nitrogens with one attached hydrogen (secondary N) is 1. The number of carboxylic acids is 1. The molecular weight excluding hydrogens is 268 g/mol. The van der Waals surface area contributed by atoms with Gasteiger partial charge in [-0.2, -0.15) is 0 Å². The quantitative estimate of drug-likeness (QED) is 0.861. The van der Waals surface area contributed by atoms with E-state index in [9.17, 15) is 9.59 Å². The molecule has 1 aromatic rings. The van der Waals surface area contributed by atoms with Crippen molar-refractivity contribution in [1.82, 2.24) is 10.2 Å². The van der Waals surface area contributed by atoms with Crippen molar-refractivity contribution >= 4 is 23.5 Å². The Balaban J connectivity index is 1.91. The van der Waals surface area contributed by atoms with Gasteiger partial charge in [-0.15, -0.1) is 0 Å². The van der Waals surface area contributed by atoms with Crippen LogP contribution < -0.4 is 5.32 Å². The number of halogens is 1. The van der Waals surface area contributed by atoms with Crippen LogP contribution in [-0.4, -0.2) is 41.5 Å². The lowest BCUT2D eigenvalue weighted by Gasteiger charge is -2.28. The molecule has 1 amide bonds. The van der Waals surface area contributed by atoms with Gasteiger partial charge in [0.25, 0.3) is 0 Å². The maximum absolute atomic E-state index is 11.6. The fourth-order valence-electron chi connectivity index (χ4n) is 2.19. The SMILES string of the molecule is O=C(O)CNC(=O)CN1CCc2c(Cl)cccc2C1. The number of carboxylic acid groups (broad SMARTS) is 1. The van der Waals surface area contributed by atoms with Crippen molar-refractivity contribution in [1.29, 1.82) is 0 Å². The van der Waals surface area contributed by atoms with Crippen LogP contribution in [0.3, 0.4) is 0 Å². The molecule has 5 nitrogen and oxygen atoms in total. The highest BCUT2D eigenvalue weighted by Gasteiger charge is 2.19. The Morgan fingerprint density at radius 1 is 1.42 bits per heavy atom. The van der Waals surface area contributed by atoms with Gasteiger partial charge >= 0.3 is 5.97 Å². The third-order valence-corrected chi connectivity index (χ3v) is 3.45. The normalized spacial score (nSPS) is 14.8. The molecule has 0 spiro atoms. The van der Waals surface area contributed by atoms with Crippen molar-refractivity contribution in [2.75, 3.05) is 19.6 Å². The summed E-state index contributed by atoms with van der Waals surface area (Å²) in [4.78, 5) is 23.9. The van der Waals surface area contributed by atoms with E-state index in [1.165, 1.54) is 0 Å². The first-order valence-electron chi connectivity index (χ1n) is 6.03. The van der Waals surface area contributed by atoms with Gasteiger partial charge < -0.3 is 10.4 Å². The number of amides is 1. The fourth-order valence-corrected chi connectivity index (χ4v) is 2.48. The summed E-state index contributed by atoms with van der Waals surface area (Å²) in [7, 11) is 0. The minimum Gasteiger partial charge on any atom is -0.480 e. The van der Waals surface area contributed by atoms with Gasteiger partial charge in [0.2, 0.25) is 5.91 Å². The second kappa shape index (κ2) is 6.04. The van der Waals surface area contributed by atoms with E-state index in [-0.39, 0.29) is 19.0 Å². The number of nitrogens with zero attached hydrogens (tertiary/aromatic N) is 1. The largest absolute Gasteiger partial charge is 0.480 e. The van der Waals surface area contributed by atoms with Gasteiger partial charge in [0, 0.05) is 18.1 Å². The molecule has 0 fully saturated rings. The molecule has 0 aromatic heterocycles. The van der Waals surface area contributed by atoms with E-state index in [1.807, 2.05) is 23.1 Å². The predicted octanol–water partition coefficient (Wildman–Crippen LogP) is 0.899. The zero-order valence-corrected chi connectivity index (χ0v) is 11.1. The smallest absolute Gasteiger partial charge is 0.322 e. The van der Waals surface area contributed by atoms with E-state index >= 15 is 0 Å². The molecule has 0 saturated heterocycles. The Hall–Kier alpha value is -1.59. The summed E-state index contributed by atoms with van der Waals surface area (Å²) in [6.07, 6.45) is 0.807. The van der Waals surface area contributed by atoms with Gasteiger partial charge in [0.15, 0.2) is 0 Å². The molecule has 19 heavy (non-hydrogen) atoms. The highest BCUT2D eigenvalue weighted by Crippen LogP contribution is 2.25. The molecule has 1 aromatic carbocycles. The van der Waals surface area contributed by atoms with E-state index in [2.05, 4.69) is 5.32 Å². The highest BCUT2D eigenvalue weighted by atomic mass is 35.5. The molecule has 0 unspecified atom stereocenters. The first kappa shape index (κ1) is 13.8. The lowest BCUT2D eigenvalue weighted by Crippen LogP contribution is -2.41. The molecule has 1 heterocycles. The molecule has 0 aliphatic carbocycles. The highest BCUT2D eigenvalue weighted by molar-refractivity contribution is 6.31. The summed E-state index contributed by atoms with van der Waals surface area (Å²) in [5.74, 6) is -1.31. The maximum Gasteiger partial charge on any atom is 0.322 e. The predicted molar refractivity (Wildman–Crippen MR) is 71.1 cm³/mol. The number of carbonyl (C=O) groups is 2. The molecule has 2 N–H and O–H groups in total. The molecule has 0 bridgehead atoms. The number of benzene rings is 1. The maximum atomic E-state index is 11.6. The number of hydrogen-bond donors (Lipinski definition) is 2. The molecule has 1 aliphatic heterocycles. The van der Waals surface area contributed by atoms with E-state index in [4.69, 9.17) is 16.7 Å². The summed E-state index contributed by atoms with van der Waals surface area (Å²) in [5, 5.41) is 11.6. The van der Waals surface area contributed by atoms with Crippen LogP contribution in [0.1, 0.15) is 11.1 Å². The standard InChI is InChI=1S/C13H15ClN2O3/c14-11-3-1-2-9-7-16(5-4-10(9)11)8-12(17)15-6-13(18)19/h1-3H,4-8H2,(H,15,17)(H,18,19). The van der Waals surface area contributed by atoms with Crippen LogP contribution in [0.2, 0.25) is 5.02 Å². The van der Waals surface area contributed by atoms with Crippen molar-refractivity contribution < 1.29 is 14.7 Å². The summed E-state index contributed by atoms with van der Waals surface area (Å²) < 4.78 is 0. The minimum atomic E-state index is -1.04. The van der Waals surface area contributed by atoms with Crippen LogP contribution >= 0.6 is 11.6 Å². The van der Waals surface area contributed by atoms with Crippen LogP contribution in [0.4, 0.5) is 0 Å². The Morgan fingerprint density at radius 3 is 2.95 bits per heavy atom. The van der Waals surface area contributed by atoms with Crippen LogP contribution in [0.25, 0.3) is 0 Å². The van der Waals surface area contributed by atoms with E-state index < -0.39 is 5.97 Å².